The molecule has 0 amide bonds. The Hall–Kier alpha value is -1.14. The van der Waals surface area contributed by atoms with Crippen LogP contribution in [0.1, 0.15) is 117 Å². The van der Waals surface area contributed by atoms with E-state index in [2.05, 4.69) is 13.8 Å². The van der Waals surface area contributed by atoms with Crippen LogP contribution < -0.4 is 0 Å². The molecule has 0 spiro atoms. The van der Waals surface area contributed by atoms with Gasteiger partial charge in [0.05, 0.1) is 12.5 Å². The monoisotopic (exact) mass is 471 g/mol. The van der Waals surface area contributed by atoms with Gasteiger partial charge in [0.2, 0.25) is 0 Å². The van der Waals surface area contributed by atoms with Crippen LogP contribution in [0.5, 0.6) is 0 Å². The number of hydrogen-bond donors (Lipinski definition) is 1. The molecule has 33 heavy (non-hydrogen) atoms. The largest absolute Gasteiger partial charge is 0.465 e. The van der Waals surface area contributed by atoms with Gasteiger partial charge in [0.15, 0.2) is 0 Å². The van der Waals surface area contributed by atoms with Crippen molar-refractivity contribution >= 4 is 11.9 Å². The predicted octanol–water partition coefficient (Wildman–Crippen LogP) is 5.89. The lowest BCUT2D eigenvalue weighted by molar-refractivity contribution is -0.150. The molecule has 0 aliphatic carbocycles. The number of ether oxygens (including phenoxy) is 2. The predicted molar refractivity (Wildman–Crippen MR) is 135 cm³/mol. The number of carbonyl (C=O) groups excluding carboxylic acids is 2. The normalized spacial score (nSPS) is 13.2. The Morgan fingerprint density at radius 1 is 0.758 bits per heavy atom. The second-order valence-electron chi connectivity index (χ2n) is 9.68. The molecule has 6 heteroatoms. The van der Waals surface area contributed by atoms with Gasteiger partial charge in [-0.2, -0.15) is 0 Å². The van der Waals surface area contributed by atoms with Crippen molar-refractivity contribution in [1.29, 1.82) is 0 Å². The van der Waals surface area contributed by atoms with E-state index in [0.29, 0.717) is 26.0 Å². The first-order valence-electron chi connectivity index (χ1n) is 13.6. The molecular formula is C27H53NO5. The molecule has 2 atom stereocenters. The van der Waals surface area contributed by atoms with E-state index in [1.807, 2.05) is 19.0 Å². The van der Waals surface area contributed by atoms with Crippen LogP contribution in [0.2, 0.25) is 0 Å². The van der Waals surface area contributed by atoms with E-state index in [9.17, 15) is 14.7 Å². The first kappa shape index (κ1) is 31.9. The van der Waals surface area contributed by atoms with Crippen LogP contribution in [0.4, 0.5) is 0 Å². The lowest BCUT2D eigenvalue weighted by Gasteiger charge is -2.16. The van der Waals surface area contributed by atoms with Crippen molar-refractivity contribution in [1.82, 2.24) is 4.90 Å². The third-order valence-corrected chi connectivity index (χ3v) is 5.93. The lowest BCUT2D eigenvalue weighted by atomic mass is 9.94. The van der Waals surface area contributed by atoms with Gasteiger partial charge in [0, 0.05) is 13.0 Å². The van der Waals surface area contributed by atoms with Gasteiger partial charge in [-0.1, -0.05) is 78.1 Å². The van der Waals surface area contributed by atoms with E-state index in [4.69, 9.17) is 9.47 Å². The van der Waals surface area contributed by atoms with Gasteiger partial charge >= 0.3 is 11.9 Å². The second kappa shape index (κ2) is 22.6. The van der Waals surface area contributed by atoms with E-state index in [0.717, 1.165) is 38.5 Å². The molecule has 0 aromatic rings. The molecule has 0 saturated carbocycles. The summed E-state index contributed by atoms with van der Waals surface area (Å²) in [6.45, 7) is 5.37. The van der Waals surface area contributed by atoms with Gasteiger partial charge in [0.1, 0.15) is 12.7 Å². The van der Waals surface area contributed by atoms with Crippen molar-refractivity contribution in [2.75, 3.05) is 33.9 Å². The third-order valence-electron chi connectivity index (χ3n) is 5.93. The van der Waals surface area contributed by atoms with Gasteiger partial charge < -0.3 is 19.5 Å². The number of hydrogen-bond acceptors (Lipinski definition) is 6. The number of rotatable bonds is 23. The molecule has 0 rings (SSSR count). The molecule has 0 aliphatic rings. The van der Waals surface area contributed by atoms with Crippen LogP contribution in [0.25, 0.3) is 0 Å². The fourth-order valence-corrected chi connectivity index (χ4v) is 3.94. The Bertz CT molecular complexity index is 469. The minimum absolute atomic E-state index is 0.0330. The number of carbonyl (C=O) groups is 2. The fraction of sp³-hybridized carbons (Fsp3) is 0.926. The Morgan fingerprint density at radius 3 is 1.91 bits per heavy atom. The molecule has 0 aromatic heterocycles. The Balaban J connectivity index is 4.01. The van der Waals surface area contributed by atoms with E-state index in [1.54, 1.807) is 0 Å². The van der Waals surface area contributed by atoms with Crippen LogP contribution in [-0.2, 0) is 19.1 Å². The Kier molecular flexibility index (Phi) is 21.9. The number of likely N-dealkylation sites (N-methyl/N-ethyl adjacent to an activating group) is 1. The van der Waals surface area contributed by atoms with Crippen LogP contribution in [0.15, 0.2) is 0 Å². The zero-order chi connectivity index (χ0) is 24.7. The molecule has 0 aromatic carbocycles. The summed E-state index contributed by atoms with van der Waals surface area (Å²) in [6, 6.07) is 0. The SMILES string of the molecule is CCCCCCCCC(CCCCCC)C(=O)OCCCCCC(=O)OCC(O)CN(C)C. The van der Waals surface area contributed by atoms with Crippen molar-refractivity contribution in [3.05, 3.63) is 0 Å². The van der Waals surface area contributed by atoms with Crippen LogP contribution in [-0.4, -0.2) is 61.9 Å². The van der Waals surface area contributed by atoms with Crippen molar-refractivity contribution in [3.63, 3.8) is 0 Å². The van der Waals surface area contributed by atoms with E-state index in [-0.39, 0.29) is 24.5 Å². The number of aliphatic hydroxyl groups is 1. The molecule has 196 valence electrons. The Morgan fingerprint density at radius 2 is 1.30 bits per heavy atom. The average molecular weight is 472 g/mol. The van der Waals surface area contributed by atoms with Crippen molar-refractivity contribution < 1.29 is 24.2 Å². The zero-order valence-electron chi connectivity index (χ0n) is 22.1. The highest BCUT2D eigenvalue weighted by atomic mass is 16.5. The summed E-state index contributed by atoms with van der Waals surface area (Å²) in [5, 5.41) is 9.72. The van der Waals surface area contributed by atoms with Crippen molar-refractivity contribution in [2.45, 2.75) is 123 Å². The van der Waals surface area contributed by atoms with Crippen LogP contribution >= 0.6 is 0 Å². The van der Waals surface area contributed by atoms with Gasteiger partial charge in [-0.25, -0.2) is 0 Å². The zero-order valence-corrected chi connectivity index (χ0v) is 22.1. The second-order valence-corrected chi connectivity index (χ2v) is 9.68. The van der Waals surface area contributed by atoms with Crippen molar-refractivity contribution in [2.24, 2.45) is 5.92 Å². The number of unbranched alkanes of at least 4 members (excludes halogenated alkanes) is 10. The molecule has 0 fully saturated rings. The third kappa shape index (κ3) is 21.2. The maximum Gasteiger partial charge on any atom is 0.308 e. The highest BCUT2D eigenvalue weighted by Gasteiger charge is 2.19. The number of esters is 2. The average Bonchev–Trinajstić information content (AvgIpc) is 2.77. The highest BCUT2D eigenvalue weighted by Crippen LogP contribution is 2.20. The fourth-order valence-electron chi connectivity index (χ4n) is 3.94. The first-order valence-corrected chi connectivity index (χ1v) is 13.6. The molecule has 1 N–H and O–H groups in total. The standard InChI is InChI=1S/C27H53NO5/c1-5-7-9-11-12-15-19-24(18-14-10-8-6-2)27(31)32-21-17-13-16-20-26(30)33-23-25(29)22-28(3)4/h24-25,29H,5-23H2,1-4H3. The molecular weight excluding hydrogens is 418 g/mol. The van der Waals surface area contributed by atoms with Gasteiger partial charge in [-0.3, -0.25) is 9.59 Å². The van der Waals surface area contributed by atoms with Crippen LogP contribution in [0, 0.1) is 5.92 Å². The van der Waals surface area contributed by atoms with Crippen LogP contribution in [0.3, 0.4) is 0 Å². The van der Waals surface area contributed by atoms with E-state index < -0.39 is 6.10 Å². The first-order chi connectivity index (χ1) is 15.9. The summed E-state index contributed by atoms with van der Waals surface area (Å²) in [7, 11) is 3.72. The highest BCUT2D eigenvalue weighted by molar-refractivity contribution is 5.72. The maximum atomic E-state index is 12.6. The number of nitrogens with zero attached hydrogens (tertiary/aromatic N) is 1. The molecule has 0 radical (unpaired) electrons. The summed E-state index contributed by atoms with van der Waals surface area (Å²) < 4.78 is 10.7. The summed E-state index contributed by atoms with van der Waals surface area (Å²) in [4.78, 5) is 26.2. The summed E-state index contributed by atoms with van der Waals surface area (Å²) in [6.07, 6.45) is 16.0. The number of aliphatic hydroxyl groups excluding tert-OH is 1. The van der Waals surface area contributed by atoms with Gasteiger partial charge in [-0.05, 0) is 46.2 Å². The molecule has 0 saturated heterocycles. The quantitative estimate of drug-likeness (QED) is 0.148. The molecule has 0 heterocycles. The minimum Gasteiger partial charge on any atom is -0.465 e. The maximum absolute atomic E-state index is 12.6. The van der Waals surface area contributed by atoms with Gasteiger partial charge in [-0.15, -0.1) is 0 Å². The summed E-state index contributed by atoms with van der Waals surface area (Å²) in [5.74, 6) is -0.276. The molecule has 6 nitrogen and oxygen atoms in total. The van der Waals surface area contributed by atoms with E-state index >= 15 is 0 Å². The Labute approximate surface area is 203 Å². The summed E-state index contributed by atoms with van der Waals surface area (Å²) in [5.41, 5.74) is 0. The molecule has 0 aliphatic heterocycles. The lowest BCUT2D eigenvalue weighted by Crippen LogP contribution is -2.30. The topological polar surface area (TPSA) is 76.1 Å². The van der Waals surface area contributed by atoms with Gasteiger partial charge in [0.25, 0.3) is 0 Å². The molecule has 2 unspecified atom stereocenters. The molecule has 0 bridgehead atoms. The summed E-state index contributed by atoms with van der Waals surface area (Å²) >= 11 is 0. The van der Waals surface area contributed by atoms with Crippen molar-refractivity contribution in [3.8, 4) is 0 Å². The minimum atomic E-state index is -0.658. The van der Waals surface area contributed by atoms with E-state index in [1.165, 1.54) is 51.4 Å². The smallest absolute Gasteiger partial charge is 0.308 e.